The maximum absolute atomic E-state index is 14.2. The predicted octanol–water partition coefficient (Wildman–Crippen LogP) is 7.16. The van der Waals surface area contributed by atoms with Crippen LogP contribution in [0.1, 0.15) is 35.2 Å². The SMILES string of the molecule is Cc1ccc(/C=C(\N(Cc2ccccc2)C(C)c2ccccc2)C(F)(F)F)cc1. The number of rotatable bonds is 6. The fourth-order valence-electron chi connectivity index (χ4n) is 3.27. The van der Waals surface area contributed by atoms with E-state index in [1.165, 1.54) is 11.0 Å². The summed E-state index contributed by atoms with van der Waals surface area (Å²) < 4.78 is 42.6. The van der Waals surface area contributed by atoms with Crippen molar-refractivity contribution in [2.24, 2.45) is 0 Å². The maximum atomic E-state index is 14.2. The van der Waals surface area contributed by atoms with E-state index in [0.29, 0.717) is 5.56 Å². The molecule has 29 heavy (non-hydrogen) atoms. The summed E-state index contributed by atoms with van der Waals surface area (Å²) in [4.78, 5) is 1.44. The van der Waals surface area contributed by atoms with Crippen molar-refractivity contribution >= 4 is 6.08 Å². The molecule has 0 aromatic heterocycles. The second-order valence-corrected chi connectivity index (χ2v) is 7.14. The highest BCUT2D eigenvalue weighted by molar-refractivity contribution is 5.54. The van der Waals surface area contributed by atoms with Crippen molar-refractivity contribution in [3.05, 3.63) is 113 Å². The summed E-state index contributed by atoms with van der Waals surface area (Å²) in [6.45, 7) is 3.89. The molecule has 0 saturated heterocycles. The summed E-state index contributed by atoms with van der Waals surface area (Å²) in [6, 6.07) is 25.2. The smallest absolute Gasteiger partial charge is 0.356 e. The molecule has 0 N–H and O–H groups in total. The van der Waals surface area contributed by atoms with Crippen LogP contribution in [-0.4, -0.2) is 11.1 Å². The van der Waals surface area contributed by atoms with Crippen molar-refractivity contribution in [2.75, 3.05) is 0 Å². The van der Waals surface area contributed by atoms with Crippen LogP contribution in [-0.2, 0) is 6.54 Å². The van der Waals surface area contributed by atoms with Gasteiger partial charge in [0, 0.05) is 6.54 Å². The van der Waals surface area contributed by atoms with Gasteiger partial charge in [-0.15, -0.1) is 0 Å². The summed E-state index contributed by atoms with van der Waals surface area (Å²) >= 11 is 0. The quantitative estimate of drug-likeness (QED) is 0.428. The third kappa shape index (κ3) is 5.50. The first-order chi connectivity index (χ1) is 13.8. The highest BCUT2D eigenvalue weighted by Crippen LogP contribution is 2.37. The summed E-state index contributed by atoms with van der Waals surface area (Å²) in [7, 11) is 0. The molecular weight excluding hydrogens is 371 g/mol. The number of hydrogen-bond donors (Lipinski definition) is 0. The Morgan fingerprint density at radius 3 is 1.97 bits per heavy atom. The van der Waals surface area contributed by atoms with Crippen molar-refractivity contribution in [2.45, 2.75) is 32.6 Å². The average molecular weight is 395 g/mol. The van der Waals surface area contributed by atoms with E-state index >= 15 is 0 Å². The first-order valence-corrected chi connectivity index (χ1v) is 9.55. The summed E-state index contributed by atoms with van der Waals surface area (Å²) in [5.41, 5.74) is 2.55. The lowest BCUT2D eigenvalue weighted by Gasteiger charge is -2.35. The molecule has 0 fully saturated rings. The molecule has 150 valence electrons. The van der Waals surface area contributed by atoms with Crippen LogP contribution in [0, 0.1) is 6.92 Å². The third-order valence-corrected chi connectivity index (χ3v) is 4.93. The molecule has 1 unspecified atom stereocenters. The van der Waals surface area contributed by atoms with Gasteiger partial charge in [-0.2, -0.15) is 13.2 Å². The van der Waals surface area contributed by atoms with Gasteiger partial charge in [0.2, 0.25) is 0 Å². The van der Waals surface area contributed by atoms with Gasteiger partial charge in [0.1, 0.15) is 5.70 Å². The second kappa shape index (κ2) is 8.99. The van der Waals surface area contributed by atoms with Crippen molar-refractivity contribution in [1.29, 1.82) is 0 Å². The predicted molar refractivity (Wildman–Crippen MR) is 112 cm³/mol. The zero-order valence-corrected chi connectivity index (χ0v) is 16.5. The van der Waals surface area contributed by atoms with E-state index in [9.17, 15) is 13.2 Å². The minimum absolute atomic E-state index is 0.161. The fourth-order valence-corrected chi connectivity index (χ4v) is 3.27. The van der Waals surface area contributed by atoms with E-state index in [1.54, 1.807) is 12.1 Å². The number of allylic oxidation sites excluding steroid dienone is 1. The molecule has 0 radical (unpaired) electrons. The van der Waals surface area contributed by atoms with E-state index in [1.807, 2.05) is 86.6 Å². The Morgan fingerprint density at radius 2 is 1.41 bits per heavy atom. The lowest BCUT2D eigenvalue weighted by atomic mass is 10.0. The van der Waals surface area contributed by atoms with Crippen LogP contribution in [0.15, 0.2) is 90.6 Å². The molecule has 3 aromatic rings. The number of nitrogens with zero attached hydrogens (tertiary/aromatic N) is 1. The van der Waals surface area contributed by atoms with E-state index < -0.39 is 17.9 Å². The molecule has 1 atom stereocenters. The Kier molecular flexibility index (Phi) is 6.42. The molecule has 0 aliphatic rings. The highest BCUT2D eigenvalue weighted by atomic mass is 19.4. The van der Waals surface area contributed by atoms with Gasteiger partial charge in [0.25, 0.3) is 0 Å². The van der Waals surface area contributed by atoms with Crippen LogP contribution in [0.5, 0.6) is 0 Å². The Hall–Kier alpha value is -3.01. The molecule has 0 amide bonds. The van der Waals surface area contributed by atoms with Gasteiger partial charge in [-0.05, 0) is 36.6 Å². The summed E-state index contributed by atoms with van der Waals surface area (Å²) in [5, 5.41) is 0. The number of hydrogen-bond acceptors (Lipinski definition) is 1. The maximum Gasteiger partial charge on any atom is 0.431 e. The number of alkyl halides is 3. The molecule has 0 aliphatic heterocycles. The van der Waals surface area contributed by atoms with Gasteiger partial charge < -0.3 is 4.90 Å². The largest absolute Gasteiger partial charge is 0.431 e. The summed E-state index contributed by atoms with van der Waals surface area (Å²) in [6.07, 6.45) is -3.25. The van der Waals surface area contributed by atoms with E-state index in [0.717, 1.165) is 16.7 Å². The average Bonchev–Trinajstić information content (AvgIpc) is 2.72. The molecule has 1 nitrogen and oxygen atoms in total. The summed E-state index contributed by atoms with van der Waals surface area (Å²) in [5.74, 6) is 0. The molecule has 0 saturated carbocycles. The Morgan fingerprint density at radius 1 is 0.862 bits per heavy atom. The van der Waals surface area contributed by atoms with Gasteiger partial charge in [0.15, 0.2) is 0 Å². The van der Waals surface area contributed by atoms with Crippen LogP contribution >= 0.6 is 0 Å². The van der Waals surface area contributed by atoms with Gasteiger partial charge in [-0.25, -0.2) is 0 Å². The first kappa shape index (κ1) is 20.7. The normalized spacial score (nSPS) is 13.2. The zero-order valence-electron chi connectivity index (χ0n) is 16.5. The van der Waals surface area contributed by atoms with E-state index in [-0.39, 0.29) is 6.54 Å². The minimum atomic E-state index is -4.48. The van der Waals surface area contributed by atoms with Crippen molar-refractivity contribution in [3.63, 3.8) is 0 Å². The van der Waals surface area contributed by atoms with Crippen LogP contribution in [0.2, 0.25) is 0 Å². The molecular formula is C25H24F3N. The van der Waals surface area contributed by atoms with E-state index in [4.69, 9.17) is 0 Å². The molecule has 4 heteroatoms. The standard InChI is InChI=1S/C25H24F3N/c1-19-13-15-21(16-14-19)17-24(25(26,27)28)29(18-22-9-5-3-6-10-22)20(2)23-11-7-4-8-12-23/h3-17,20H,18H2,1-2H3/b24-17-. The van der Waals surface area contributed by atoms with Crippen LogP contribution in [0.3, 0.4) is 0 Å². The first-order valence-electron chi connectivity index (χ1n) is 9.55. The van der Waals surface area contributed by atoms with Gasteiger partial charge in [-0.1, -0.05) is 90.5 Å². The fraction of sp³-hybridized carbons (Fsp3) is 0.200. The Balaban J connectivity index is 2.08. The minimum Gasteiger partial charge on any atom is -0.356 e. The van der Waals surface area contributed by atoms with Crippen molar-refractivity contribution in [1.82, 2.24) is 4.90 Å². The molecule has 3 rings (SSSR count). The highest BCUT2D eigenvalue weighted by Gasteiger charge is 2.39. The second-order valence-electron chi connectivity index (χ2n) is 7.14. The number of aryl methyl sites for hydroxylation is 1. The molecule has 0 spiro atoms. The Labute approximate surface area is 170 Å². The molecule has 3 aromatic carbocycles. The van der Waals surface area contributed by atoms with Crippen molar-refractivity contribution < 1.29 is 13.2 Å². The van der Waals surface area contributed by atoms with Gasteiger partial charge in [0.05, 0.1) is 6.04 Å². The number of halogens is 3. The van der Waals surface area contributed by atoms with Gasteiger partial charge >= 0.3 is 6.18 Å². The zero-order chi connectivity index (χ0) is 20.9. The Bertz CT molecular complexity index is 929. The topological polar surface area (TPSA) is 3.24 Å². The van der Waals surface area contributed by atoms with E-state index in [2.05, 4.69) is 0 Å². The molecule has 0 bridgehead atoms. The lowest BCUT2D eigenvalue weighted by Crippen LogP contribution is -2.33. The molecule has 0 aliphatic carbocycles. The lowest BCUT2D eigenvalue weighted by molar-refractivity contribution is -0.114. The van der Waals surface area contributed by atoms with Crippen molar-refractivity contribution in [3.8, 4) is 0 Å². The van der Waals surface area contributed by atoms with Crippen LogP contribution < -0.4 is 0 Å². The van der Waals surface area contributed by atoms with Crippen LogP contribution in [0.4, 0.5) is 13.2 Å². The number of benzene rings is 3. The molecule has 0 heterocycles. The monoisotopic (exact) mass is 395 g/mol. The third-order valence-electron chi connectivity index (χ3n) is 4.93. The van der Waals surface area contributed by atoms with Crippen LogP contribution in [0.25, 0.3) is 6.08 Å². The van der Waals surface area contributed by atoms with Gasteiger partial charge in [-0.3, -0.25) is 0 Å².